The number of carbonyl (C=O) groups excluding carboxylic acids is 1. The van der Waals surface area contributed by atoms with E-state index in [9.17, 15) is 79.9 Å². The van der Waals surface area contributed by atoms with Crippen LogP contribution in [0.15, 0.2) is 89.8 Å². The highest BCUT2D eigenvalue weighted by atomic mass is 32.2. The van der Waals surface area contributed by atoms with E-state index in [-0.39, 0.29) is 155 Å². The van der Waals surface area contributed by atoms with Gasteiger partial charge in [0.25, 0.3) is 50.6 Å². The highest BCUT2D eigenvalue weighted by Crippen LogP contribution is 2.53. The molecule has 33 nitrogen and oxygen atoms in total. The van der Waals surface area contributed by atoms with Crippen LogP contribution in [0.3, 0.4) is 0 Å². The van der Waals surface area contributed by atoms with Gasteiger partial charge in [-0.15, -0.1) is 4.73 Å². The highest BCUT2D eigenvalue weighted by Gasteiger charge is 2.51. The quantitative estimate of drug-likeness (QED) is 0.0162. The van der Waals surface area contributed by atoms with Crippen molar-refractivity contribution in [2.45, 2.75) is 82.4 Å². The summed E-state index contributed by atoms with van der Waals surface area (Å²) >= 11 is 0. The molecule has 3 atom stereocenters. The van der Waals surface area contributed by atoms with Crippen LogP contribution >= 0.6 is 0 Å². The predicted octanol–water partition coefficient (Wildman–Crippen LogP) is 1.46. The third-order valence-electron chi connectivity index (χ3n) is 17.2. The van der Waals surface area contributed by atoms with Crippen molar-refractivity contribution in [3.63, 3.8) is 0 Å². The molecule has 3 unspecified atom stereocenters. The number of methoxy groups -OCH3 is 2. The summed E-state index contributed by atoms with van der Waals surface area (Å²) in [6.45, 7) is 5.53. The van der Waals surface area contributed by atoms with E-state index >= 15 is 9.59 Å². The molecule has 0 amide bonds. The van der Waals surface area contributed by atoms with Crippen LogP contribution in [-0.2, 0) is 109 Å². The number of hydrogen-bond acceptors (Lipinski definition) is 26. The summed E-state index contributed by atoms with van der Waals surface area (Å²) in [5, 5.41) is 18.6. The summed E-state index contributed by atoms with van der Waals surface area (Å²) in [4.78, 5) is 46.9. The lowest BCUT2D eigenvalue weighted by Crippen LogP contribution is -2.66. The summed E-state index contributed by atoms with van der Waals surface area (Å²) in [6, 6.07) is 9.18. The van der Waals surface area contributed by atoms with Gasteiger partial charge in [0.05, 0.1) is 130 Å². The van der Waals surface area contributed by atoms with Gasteiger partial charge in [-0.25, -0.2) is 4.79 Å². The molecular formula is C63H80N3O30S5+. The minimum Gasteiger partial charge on any atom is -0.492 e. The van der Waals surface area contributed by atoms with E-state index in [1.807, 2.05) is 0 Å². The second-order valence-electron chi connectivity index (χ2n) is 23.9. The number of anilines is 1. The van der Waals surface area contributed by atoms with E-state index in [1.165, 1.54) is 50.5 Å². The Hall–Kier alpha value is -6.77. The highest BCUT2D eigenvalue weighted by molar-refractivity contribution is 7.87. The van der Waals surface area contributed by atoms with E-state index in [2.05, 4.69) is 0 Å². The molecule has 2 aliphatic heterocycles. The van der Waals surface area contributed by atoms with Crippen molar-refractivity contribution in [2.75, 3.05) is 144 Å². The number of rotatable bonds is 42. The van der Waals surface area contributed by atoms with Gasteiger partial charge < -0.3 is 62.6 Å². The first-order chi connectivity index (χ1) is 47.6. The van der Waals surface area contributed by atoms with Crippen LogP contribution in [0, 0.1) is 0 Å². The lowest BCUT2D eigenvalue weighted by Gasteiger charge is -2.35. The van der Waals surface area contributed by atoms with E-state index in [0.717, 1.165) is 24.3 Å². The molecule has 1 aromatic heterocycles. The molecule has 6 aromatic rings. The first kappa shape index (κ1) is 79.9. The Morgan fingerprint density at radius 1 is 0.535 bits per heavy atom. The maximum atomic E-state index is 15.3. The van der Waals surface area contributed by atoms with Crippen LogP contribution in [0.25, 0.3) is 33.7 Å². The zero-order chi connectivity index (χ0) is 73.9. The fourth-order valence-corrected chi connectivity index (χ4v) is 15.7. The Labute approximate surface area is 581 Å². The number of nitrogens with zero attached hydrogens (tertiary/aromatic N) is 3. The number of ether oxygens (including phenoxy) is 9. The Kier molecular flexibility index (Phi) is 26.7. The minimum absolute atomic E-state index is 0.000714. The number of aromatic hydroxyl groups is 2. The van der Waals surface area contributed by atoms with Gasteiger partial charge in [-0.05, 0) is 91.4 Å². The van der Waals surface area contributed by atoms with E-state index in [4.69, 9.17) is 47.5 Å². The van der Waals surface area contributed by atoms with Gasteiger partial charge in [-0.2, -0.15) is 46.7 Å². The minimum atomic E-state index is -5.30. The van der Waals surface area contributed by atoms with E-state index < -0.39 is 138 Å². The molecule has 5 aromatic carbocycles. The number of fused-ring (bicyclic) bond motifs is 6. The van der Waals surface area contributed by atoms with Crippen LogP contribution < -0.4 is 31.0 Å². The fraction of sp³-hybridized carbons (Fsp3) is 0.492. The monoisotopic (exact) mass is 1520 g/mol. The van der Waals surface area contributed by atoms with Crippen LogP contribution in [-0.4, -0.2) is 241 Å². The molecular weight excluding hydrogens is 1440 g/mol. The first-order valence-corrected chi connectivity index (χ1v) is 38.8. The number of aromatic nitrogens is 1. The van der Waals surface area contributed by atoms with Gasteiger partial charge in [0.1, 0.15) is 16.4 Å². The Morgan fingerprint density at radius 3 is 1.46 bits per heavy atom. The van der Waals surface area contributed by atoms with Crippen molar-refractivity contribution < 1.29 is 132 Å². The average Bonchev–Trinajstić information content (AvgIpc) is 1.57. The van der Waals surface area contributed by atoms with Gasteiger partial charge in [0.15, 0.2) is 12.3 Å². The molecule has 3 heterocycles. The van der Waals surface area contributed by atoms with Crippen molar-refractivity contribution in [1.29, 1.82) is 0 Å². The summed E-state index contributed by atoms with van der Waals surface area (Å²) in [6.07, 6.45) is 1.15. The third kappa shape index (κ3) is 19.4. The van der Waals surface area contributed by atoms with Gasteiger partial charge >= 0.3 is 5.97 Å². The molecule has 2 aliphatic rings. The third-order valence-corrected chi connectivity index (χ3v) is 21.5. The van der Waals surface area contributed by atoms with Crippen molar-refractivity contribution in [1.82, 2.24) is 4.73 Å². The second-order valence-corrected chi connectivity index (χ2v) is 31.1. The number of carbonyl (C=O) groups is 1. The fourth-order valence-electron chi connectivity index (χ4n) is 12.5. The second kappa shape index (κ2) is 33.8. The molecule has 0 bridgehead atoms. The summed E-state index contributed by atoms with van der Waals surface area (Å²) < 4.78 is 233. The SMILES string of the molecule is COCCOCCOCCOCCOCC[N+]1=C(C=c2c(=O)c(=CC3N(CCCC(=O)On4c(O)ccc4O)c4ccc5c(S(=O)(=O)O)cc(S(=O)(=O)O)cc5c4C3(C)CCOCCOCCOCCOC)c2=O)C(C)(CCCS(=O)(=O)O)c2c1ccc1c(S(=O)(=O)O)cc(S(=O)(=O)O)cc21. The van der Waals surface area contributed by atoms with Gasteiger partial charge in [-0.3, -0.25) is 32.4 Å². The molecule has 556 valence electrons. The molecule has 0 saturated heterocycles. The maximum absolute atomic E-state index is 15.3. The molecule has 0 radical (unpaired) electrons. The first-order valence-electron chi connectivity index (χ1n) is 31.4. The molecule has 0 fully saturated rings. The summed E-state index contributed by atoms with van der Waals surface area (Å²) in [5.74, 6) is -3.09. The van der Waals surface area contributed by atoms with Crippen molar-refractivity contribution >= 4 is 107 Å². The van der Waals surface area contributed by atoms with Crippen LogP contribution in [0.1, 0.15) is 57.1 Å². The molecule has 0 spiro atoms. The summed E-state index contributed by atoms with van der Waals surface area (Å²) in [7, 11) is -22.7. The van der Waals surface area contributed by atoms with E-state index in [1.54, 1.807) is 23.5 Å². The zero-order valence-corrected chi connectivity index (χ0v) is 59.5. The van der Waals surface area contributed by atoms with Crippen molar-refractivity contribution in [3.05, 3.63) is 103 Å². The van der Waals surface area contributed by atoms with Gasteiger partial charge in [0, 0.05) is 85.5 Å². The lowest BCUT2D eigenvalue weighted by atomic mass is 9.73. The molecule has 7 N–H and O–H groups in total. The largest absolute Gasteiger partial charge is 0.492 e. The summed E-state index contributed by atoms with van der Waals surface area (Å²) in [5.41, 5.74) is -4.48. The number of hydrogen-bond donors (Lipinski definition) is 7. The molecule has 8 rings (SSSR count). The Bertz CT molecular complexity index is 4810. The molecule has 101 heavy (non-hydrogen) atoms. The zero-order valence-electron chi connectivity index (χ0n) is 55.4. The molecule has 38 heteroatoms. The lowest BCUT2D eigenvalue weighted by molar-refractivity contribution is -0.441. The average molecular weight is 1520 g/mol. The van der Waals surface area contributed by atoms with Crippen LogP contribution in [0.5, 0.6) is 11.8 Å². The van der Waals surface area contributed by atoms with Crippen molar-refractivity contribution in [2.24, 2.45) is 0 Å². The smallest absolute Gasteiger partial charge is 0.333 e. The molecule has 0 aliphatic carbocycles. The van der Waals surface area contributed by atoms with Gasteiger partial charge in [0.2, 0.25) is 28.3 Å². The van der Waals surface area contributed by atoms with E-state index in [0.29, 0.717) is 56.5 Å². The number of benzene rings is 4. The van der Waals surface area contributed by atoms with Crippen molar-refractivity contribution in [3.8, 4) is 11.8 Å². The van der Waals surface area contributed by atoms with Crippen LogP contribution in [0.2, 0.25) is 0 Å². The predicted molar refractivity (Wildman–Crippen MR) is 361 cm³/mol. The molecule has 0 saturated carbocycles. The Balaban J connectivity index is 1.28. The standard InChI is InChI=1S/C63H79N3O30S5/c1-62(14-6-34-97(72,73)74)53(65(17-19-90-25-27-94-32-33-95-31-29-92-23-21-88-4)50-11-9-43-45(58(50)62)35-41(98(75,76)77)37-51(43)100(81,82)83)39-47-60(70)48(61(47)71)40-54-63(2,15-18-89-24-26-93-30-28-91-22-20-87-3)59-46-36-42(99(78,79)80)38-52(101(84,85)86)44(46)8-10-49(59)64(54)16-5-7-57(69)96-66-55(67)12-13-56(66)68/h8-13,35-40,54H,5-7,14-34H2,1-4H3,(H6,70,71,72,73,74,75,76,77,78,79,80,81,82,83,84,85,86)/p+1. The maximum Gasteiger partial charge on any atom is 0.333 e. The topological polar surface area (TPSA) is 467 Å². The normalized spacial score (nSPS) is 17.4. The van der Waals surface area contributed by atoms with Gasteiger partial charge in [-0.1, -0.05) is 13.0 Å². The van der Waals surface area contributed by atoms with Crippen LogP contribution in [0.4, 0.5) is 11.4 Å². The Morgan fingerprint density at radius 2 is 0.990 bits per heavy atom.